The van der Waals surface area contributed by atoms with Crippen molar-refractivity contribution >= 4 is 5.97 Å². The lowest BCUT2D eigenvalue weighted by molar-refractivity contribution is -0.163. The van der Waals surface area contributed by atoms with Gasteiger partial charge in [0.1, 0.15) is 0 Å². The van der Waals surface area contributed by atoms with Crippen molar-refractivity contribution in [2.45, 2.75) is 32.1 Å². The quantitative estimate of drug-likeness (QED) is 0.762. The van der Waals surface area contributed by atoms with E-state index in [1.54, 1.807) is 12.1 Å². The minimum absolute atomic E-state index is 0.0698. The highest BCUT2D eigenvalue weighted by atomic mass is 16.7. The molecule has 0 N–H and O–H groups in total. The molecule has 1 aliphatic rings. The number of hydrogen-bond acceptors (Lipinski definition) is 5. The lowest BCUT2D eigenvalue weighted by Crippen LogP contribution is -2.24. The van der Waals surface area contributed by atoms with Crippen LogP contribution in [0.25, 0.3) is 11.1 Å². The second-order valence-electron chi connectivity index (χ2n) is 5.73. The Bertz CT molecular complexity index is 660. The highest BCUT2D eigenvalue weighted by Crippen LogP contribution is 2.19. The molecule has 1 fully saturated rings. The standard InChI is InChI=1S/C18H22N2O4/c1-22-18(21)15-7-5-14(6-8-15)16-12-19-20(13-16)9-11-24-17-4-2-3-10-23-17/h5-8,12-13,17H,2-4,9-11H2,1H3. The Labute approximate surface area is 141 Å². The summed E-state index contributed by atoms with van der Waals surface area (Å²) in [6.45, 7) is 2.05. The van der Waals surface area contributed by atoms with Crippen LogP contribution in [0.3, 0.4) is 0 Å². The van der Waals surface area contributed by atoms with E-state index in [-0.39, 0.29) is 12.3 Å². The number of methoxy groups -OCH3 is 1. The van der Waals surface area contributed by atoms with Crippen molar-refractivity contribution in [1.82, 2.24) is 9.78 Å². The van der Waals surface area contributed by atoms with Crippen molar-refractivity contribution in [2.75, 3.05) is 20.3 Å². The van der Waals surface area contributed by atoms with Crippen LogP contribution in [0.15, 0.2) is 36.7 Å². The summed E-state index contributed by atoms with van der Waals surface area (Å²) in [7, 11) is 1.38. The minimum atomic E-state index is -0.334. The molecule has 0 bridgehead atoms. The lowest BCUT2D eigenvalue weighted by Gasteiger charge is -2.22. The molecular weight excluding hydrogens is 308 g/mol. The maximum atomic E-state index is 11.5. The predicted molar refractivity (Wildman–Crippen MR) is 88.5 cm³/mol. The van der Waals surface area contributed by atoms with E-state index in [9.17, 15) is 4.79 Å². The third kappa shape index (κ3) is 4.21. The third-order valence-corrected chi connectivity index (χ3v) is 4.03. The number of hydrogen-bond donors (Lipinski definition) is 0. The molecule has 128 valence electrons. The Balaban J connectivity index is 1.53. The highest BCUT2D eigenvalue weighted by Gasteiger charge is 2.13. The second kappa shape index (κ2) is 8.08. The van der Waals surface area contributed by atoms with Crippen LogP contribution in [0.1, 0.15) is 29.6 Å². The van der Waals surface area contributed by atoms with Gasteiger partial charge in [0.25, 0.3) is 0 Å². The summed E-state index contributed by atoms with van der Waals surface area (Å²) in [6.07, 6.45) is 6.97. The summed E-state index contributed by atoms with van der Waals surface area (Å²) in [5.74, 6) is -0.334. The Kier molecular flexibility index (Phi) is 5.61. The van der Waals surface area contributed by atoms with Crippen molar-refractivity contribution in [3.63, 3.8) is 0 Å². The number of nitrogens with zero attached hydrogens (tertiary/aromatic N) is 2. The van der Waals surface area contributed by atoms with Crippen LogP contribution in [0.5, 0.6) is 0 Å². The first kappa shape index (κ1) is 16.7. The van der Waals surface area contributed by atoms with E-state index in [4.69, 9.17) is 14.2 Å². The van der Waals surface area contributed by atoms with Gasteiger partial charge in [-0.15, -0.1) is 0 Å². The summed E-state index contributed by atoms with van der Waals surface area (Å²) in [4.78, 5) is 11.5. The Morgan fingerprint density at radius 2 is 2.12 bits per heavy atom. The fraction of sp³-hybridized carbons (Fsp3) is 0.444. The summed E-state index contributed by atoms with van der Waals surface area (Å²) < 4.78 is 17.8. The number of aromatic nitrogens is 2. The molecule has 1 aromatic carbocycles. The van der Waals surface area contributed by atoms with Crippen molar-refractivity contribution < 1.29 is 19.0 Å². The van der Waals surface area contributed by atoms with E-state index in [0.29, 0.717) is 18.7 Å². The van der Waals surface area contributed by atoms with E-state index in [1.165, 1.54) is 7.11 Å². The van der Waals surface area contributed by atoms with Crippen LogP contribution in [0, 0.1) is 0 Å². The smallest absolute Gasteiger partial charge is 0.337 e. The van der Waals surface area contributed by atoms with Gasteiger partial charge in [-0.3, -0.25) is 4.68 Å². The molecule has 1 aromatic heterocycles. The fourth-order valence-corrected chi connectivity index (χ4v) is 2.67. The highest BCUT2D eigenvalue weighted by molar-refractivity contribution is 5.89. The monoisotopic (exact) mass is 330 g/mol. The number of esters is 1. The number of carbonyl (C=O) groups is 1. The number of benzene rings is 1. The zero-order valence-corrected chi connectivity index (χ0v) is 13.8. The molecule has 0 amide bonds. The SMILES string of the molecule is COC(=O)c1ccc(-c2cnn(CCOC3CCCCO3)c2)cc1. The van der Waals surface area contributed by atoms with Crippen LogP contribution in [0.4, 0.5) is 0 Å². The van der Waals surface area contributed by atoms with Gasteiger partial charge in [-0.1, -0.05) is 12.1 Å². The first-order chi connectivity index (χ1) is 11.8. The maximum Gasteiger partial charge on any atom is 0.337 e. The van der Waals surface area contributed by atoms with E-state index >= 15 is 0 Å². The van der Waals surface area contributed by atoms with Crippen molar-refractivity contribution in [3.8, 4) is 11.1 Å². The van der Waals surface area contributed by atoms with Crippen molar-refractivity contribution in [1.29, 1.82) is 0 Å². The number of carbonyl (C=O) groups excluding carboxylic acids is 1. The van der Waals surface area contributed by atoms with E-state index in [0.717, 1.165) is 37.0 Å². The molecule has 1 unspecified atom stereocenters. The topological polar surface area (TPSA) is 62.6 Å². The number of ether oxygens (including phenoxy) is 3. The van der Waals surface area contributed by atoms with Gasteiger partial charge >= 0.3 is 5.97 Å². The van der Waals surface area contributed by atoms with Gasteiger partial charge in [0.2, 0.25) is 0 Å². The van der Waals surface area contributed by atoms with E-state index in [1.807, 2.05) is 29.2 Å². The lowest BCUT2D eigenvalue weighted by atomic mass is 10.1. The average molecular weight is 330 g/mol. The fourth-order valence-electron chi connectivity index (χ4n) is 2.67. The Hall–Kier alpha value is -2.18. The Morgan fingerprint density at radius 1 is 1.29 bits per heavy atom. The molecule has 2 heterocycles. The summed E-state index contributed by atoms with van der Waals surface area (Å²) in [6, 6.07) is 7.28. The average Bonchev–Trinajstić information content (AvgIpc) is 3.11. The molecule has 1 atom stereocenters. The van der Waals surface area contributed by atoms with E-state index < -0.39 is 0 Å². The van der Waals surface area contributed by atoms with E-state index in [2.05, 4.69) is 5.10 Å². The van der Waals surface area contributed by atoms with Crippen LogP contribution in [0.2, 0.25) is 0 Å². The van der Waals surface area contributed by atoms with Crippen LogP contribution >= 0.6 is 0 Å². The van der Waals surface area contributed by atoms with Gasteiger partial charge in [0.15, 0.2) is 6.29 Å². The molecule has 6 heteroatoms. The zero-order chi connectivity index (χ0) is 16.8. The summed E-state index contributed by atoms with van der Waals surface area (Å²) >= 11 is 0. The molecule has 3 rings (SSSR count). The molecule has 0 aliphatic carbocycles. The second-order valence-corrected chi connectivity index (χ2v) is 5.73. The molecule has 1 aliphatic heterocycles. The molecule has 2 aromatic rings. The van der Waals surface area contributed by atoms with Gasteiger partial charge in [-0.2, -0.15) is 5.10 Å². The molecular formula is C18H22N2O4. The molecule has 0 radical (unpaired) electrons. The van der Waals surface area contributed by atoms with Crippen molar-refractivity contribution in [3.05, 3.63) is 42.2 Å². The van der Waals surface area contributed by atoms with Gasteiger partial charge in [0.05, 0.1) is 32.0 Å². The Morgan fingerprint density at radius 3 is 2.83 bits per heavy atom. The van der Waals surface area contributed by atoms with Gasteiger partial charge in [-0.05, 0) is 37.0 Å². The predicted octanol–water partition coefficient (Wildman–Crippen LogP) is 2.88. The normalized spacial score (nSPS) is 17.6. The first-order valence-electron chi connectivity index (χ1n) is 8.20. The van der Waals surface area contributed by atoms with Gasteiger partial charge < -0.3 is 14.2 Å². The molecule has 0 spiro atoms. The first-order valence-corrected chi connectivity index (χ1v) is 8.20. The molecule has 6 nitrogen and oxygen atoms in total. The molecule has 24 heavy (non-hydrogen) atoms. The minimum Gasteiger partial charge on any atom is -0.465 e. The largest absolute Gasteiger partial charge is 0.465 e. The zero-order valence-electron chi connectivity index (χ0n) is 13.8. The van der Waals surface area contributed by atoms with Gasteiger partial charge in [-0.25, -0.2) is 4.79 Å². The van der Waals surface area contributed by atoms with Crippen LogP contribution in [-0.2, 0) is 20.8 Å². The van der Waals surface area contributed by atoms with Crippen LogP contribution < -0.4 is 0 Å². The van der Waals surface area contributed by atoms with Crippen LogP contribution in [-0.4, -0.2) is 42.4 Å². The number of rotatable bonds is 6. The van der Waals surface area contributed by atoms with Crippen molar-refractivity contribution in [2.24, 2.45) is 0 Å². The summed E-state index contributed by atoms with van der Waals surface area (Å²) in [5, 5.41) is 4.35. The maximum absolute atomic E-state index is 11.5. The molecule has 1 saturated heterocycles. The van der Waals surface area contributed by atoms with Gasteiger partial charge in [0, 0.05) is 18.4 Å². The third-order valence-electron chi connectivity index (χ3n) is 4.03. The molecule has 0 saturated carbocycles. The summed E-state index contributed by atoms with van der Waals surface area (Å²) in [5.41, 5.74) is 2.54.